The number of hydrogen-bond donors (Lipinski definition) is 2. The molecule has 0 amide bonds. The van der Waals surface area contributed by atoms with E-state index in [4.69, 9.17) is 15.2 Å². The summed E-state index contributed by atoms with van der Waals surface area (Å²) in [6.45, 7) is 1.57. The van der Waals surface area contributed by atoms with Gasteiger partial charge in [-0.15, -0.1) is 0 Å². The minimum atomic E-state index is 0.405. The summed E-state index contributed by atoms with van der Waals surface area (Å²) in [7, 11) is 0. The van der Waals surface area contributed by atoms with E-state index < -0.39 is 0 Å². The number of ether oxygens (including phenoxy) is 2. The van der Waals surface area contributed by atoms with Crippen LogP contribution < -0.4 is 15.2 Å². The molecule has 0 bridgehead atoms. The molecule has 2 aromatic rings. The highest BCUT2D eigenvalue weighted by Crippen LogP contribution is 2.35. The van der Waals surface area contributed by atoms with Gasteiger partial charge in [-0.05, 0) is 34.1 Å². The summed E-state index contributed by atoms with van der Waals surface area (Å²) in [4.78, 5) is 7.47. The number of H-pyrrole nitrogens is 1. The molecule has 6 heteroatoms. The van der Waals surface area contributed by atoms with Gasteiger partial charge in [-0.3, -0.25) is 0 Å². The van der Waals surface area contributed by atoms with E-state index in [1.54, 1.807) is 0 Å². The van der Waals surface area contributed by atoms with E-state index >= 15 is 0 Å². The molecule has 0 saturated heterocycles. The Morgan fingerprint density at radius 3 is 2.83 bits per heavy atom. The number of imidazole rings is 1. The molecule has 1 aliphatic rings. The van der Waals surface area contributed by atoms with Crippen molar-refractivity contribution in [1.29, 1.82) is 0 Å². The number of benzene rings is 1. The first kappa shape index (κ1) is 11.6. The zero-order chi connectivity index (χ0) is 12.5. The first-order valence-electron chi connectivity index (χ1n) is 5.62. The molecule has 1 aromatic carbocycles. The summed E-state index contributed by atoms with van der Waals surface area (Å²) in [5, 5.41) is 0. The summed E-state index contributed by atoms with van der Waals surface area (Å²) in [5.41, 5.74) is 8.37. The van der Waals surface area contributed by atoms with E-state index in [0.717, 1.165) is 28.5 Å². The maximum absolute atomic E-state index is 5.69. The number of fused-ring (bicyclic) bond motifs is 1. The molecular weight excluding hydrogens is 298 g/mol. The Morgan fingerprint density at radius 1 is 1.28 bits per heavy atom. The van der Waals surface area contributed by atoms with Crippen LogP contribution in [0.15, 0.2) is 22.9 Å². The van der Waals surface area contributed by atoms with Gasteiger partial charge in [0.1, 0.15) is 13.2 Å². The Hall–Kier alpha value is -1.53. The van der Waals surface area contributed by atoms with Crippen molar-refractivity contribution in [1.82, 2.24) is 9.97 Å². The quantitative estimate of drug-likeness (QED) is 0.890. The number of nitrogens with two attached hydrogens (primary N) is 1. The Balaban J connectivity index is 2.06. The van der Waals surface area contributed by atoms with Crippen LogP contribution in [0.2, 0.25) is 0 Å². The third-order valence-electron chi connectivity index (χ3n) is 2.77. The van der Waals surface area contributed by atoms with Crippen LogP contribution in [0, 0.1) is 0 Å². The van der Waals surface area contributed by atoms with Crippen molar-refractivity contribution in [3.05, 3.63) is 28.6 Å². The fraction of sp³-hybridized carbons (Fsp3) is 0.250. The van der Waals surface area contributed by atoms with Gasteiger partial charge in [0.05, 0.1) is 11.4 Å². The van der Waals surface area contributed by atoms with Crippen LogP contribution in [0.25, 0.3) is 11.3 Å². The third-order valence-corrected chi connectivity index (χ3v) is 3.15. The lowest BCUT2D eigenvalue weighted by molar-refractivity contribution is 0.171. The maximum atomic E-state index is 5.69. The van der Waals surface area contributed by atoms with Crippen molar-refractivity contribution in [3.63, 3.8) is 0 Å². The fourth-order valence-corrected chi connectivity index (χ4v) is 2.37. The second kappa shape index (κ2) is 4.62. The molecule has 0 unspecified atom stereocenters. The molecule has 3 rings (SSSR count). The van der Waals surface area contributed by atoms with Gasteiger partial charge in [0.25, 0.3) is 0 Å². The molecule has 18 heavy (non-hydrogen) atoms. The number of nitrogens with zero attached hydrogens (tertiary/aromatic N) is 1. The van der Waals surface area contributed by atoms with Crippen molar-refractivity contribution in [3.8, 4) is 22.8 Å². The molecular formula is C12H12BrN3O2. The molecule has 94 valence electrons. The first-order chi connectivity index (χ1) is 8.78. The summed E-state index contributed by atoms with van der Waals surface area (Å²) < 4.78 is 11.7. The molecule has 3 N–H and O–H groups in total. The fourth-order valence-electron chi connectivity index (χ4n) is 1.95. The number of aromatic nitrogens is 2. The van der Waals surface area contributed by atoms with E-state index in [1.807, 2.05) is 18.2 Å². The van der Waals surface area contributed by atoms with Gasteiger partial charge in [-0.1, -0.05) is 0 Å². The minimum absolute atomic E-state index is 0.405. The standard InChI is InChI=1S/C12H12BrN3O2/c13-12-15-8(6-14)11(16-12)7-1-2-9-10(5-7)18-4-3-17-9/h1-2,5H,3-4,6,14H2,(H,15,16). The van der Waals surface area contributed by atoms with Crippen LogP contribution in [0.4, 0.5) is 0 Å². The van der Waals surface area contributed by atoms with Crippen LogP contribution in [-0.4, -0.2) is 23.2 Å². The second-order valence-corrected chi connectivity index (χ2v) is 4.67. The van der Waals surface area contributed by atoms with Gasteiger partial charge >= 0.3 is 0 Å². The van der Waals surface area contributed by atoms with Crippen molar-refractivity contribution >= 4 is 15.9 Å². The van der Waals surface area contributed by atoms with Crippen molar-refractivity contribution in [2.45, 2.75) is 6.54 Å². The molecule has 5 nitrogen and oxygen atoms in total. The van der Waals surface area contributed by atoms with Crippen LogP contribution in [0.3, 0.4) is 0 Å². The summed E-state index contributed by atoms with van der Waals surface area (Å²) in [6.07, 6.45) is 0. The smallest absolute Gasteiger partial charge is 0.175 e. The molecule has 0 atom stereocenters. The summed E-state index contributed by atoms with van der Waals surface area (Å²) in [5.74, 6) is 1.52. The second-order valence-electron chi connectivity index (χ2n) is 3.92. The minimum Gasteiger partial charge on any atom is -0.486 e. The van der Waals surface area contributed by atoms with Gasteiger partial charge in [-0.2, -0.15) is 0 Å². The highest BCUT2D eigenvalue weighted by molar-refractivity contribution is 9.10. The molecule has 1 aromatic heterocycles. The maximum Gasteiger partial charge on any atom is 0.175 e. The van der Waals surface area contributed by atoms with E-state index in [9.17, 15) is 0 Å². The summed E-state index contributed by atoms with van der Waals surface area (Å²) in [6, 6.07) is 5.78. The van der Waals surface area contributed by atoms with E-state index in [-0.39, 0.29) is 0 Å². The van der Waals surface area contributed by atoms with Crippen molar-refractivity contribution in [2.75, 3.05) is 13.2 Å². The third kappa shape index (κ3) is 1.97. The molecule has 0 saturated carbocycles. The number of rotatable bonds is 2. The Labute approximate surface area is 112 Å². The zero-order valence-electron chi connectivity index (χ0n) is 9.57. The van der Waals surface area contributed by atoms with Crippen molar-refractivity contribution in [2.24, 2.45) is 5.73 Å². The highest BCUT2D eigenvalue weighted by Gasteiger charge is 2.15. The lowest BCUT2D eigenvalue weighted by Gasteiger charge is -2.18. The molecule has 2 heterocycles. The topological polar surface area (TPSA) is 73.2 Å². The number of halogens is 1. The van der Waals surface area contributed by atoms with Gasteiger partial charge in [0.2, 0.25) is 0 Å². The SMILES string of the molecule is NCc1[nH]c(Br)nc1-c1ccc2c(c1)OCCO2. The monoisotopic (exact) mass is 309 g/mol. The Kier molecular flexibility index (Phi) is 2.97. The van der Waals surface area contributed by atoms with Gasteiger partial charge in [0.15, 0.2) is 16.2 Å². The molecule has 0 fully saturated rings. The predicted molar refractivity (Wildman–Crippen MR) is 70.6 cm³/mol. The largest absolute Gasteiger partial charge is 0.486 e. The average Bonchev–Trinajstić information content (AvgIpc) is 2.79. The zero-order valence-corrected chi connectivity index (χ0v) is 11.2. The molecule has 0 spiro atoms. The normalized spacial score (nSPS) is 13.7. The molecule has 1 aliphatic heterocycles. The van der Waals surface area contributed by atoms with Gasteiger partial charge < -0.3 is 20.2 Å². The number of nitrogens with one attached hydrogen (secondary N) is 1. The molecule has 0 radical (unpaired) electrons. The van der Waals surface area contributed by atoms with E-state index in [1.165, 1.54) is 0 Å². The lowest BCUT2D eigenvalue weighted by Crippen LogP contribution is -2.15. The van der Waals surface area contributed by atoms with E-state index in [2.05, 4.69) is 25.9 Å². The number of aromatic amines is 1. The Bertz CT molecular complexity index is 583. The lowest BCUT2D eigenvalue weighted by atomic mass is 10.1. The van der Waals surface area contributed by atoms with Gasteiger partial charge in [0, 0.05) is 12.1 Å². The Morgan fingerprint density at radius 2 is 2.06 bits per heavy atom. The average molecular weight is 310 g/mol. The van der Waals surface area contributed by atoms with Crippen LogP contribution in [0.5, 0.6) is 11.5 Å². The van der Waals surface area contributed by atoms with Gasteiger partial charge in [-0.25, -0.2) is 4.98 Å². The van der Waals surface area contributed by atoms with E-state index in [0.29, 0.717) is 24.5 Å². The number of hydrogen-bond acceptors (Lipinski definition) is 4. The van der Waals surface area contributed by atoms with Crippen LogP contribution in [0.1, 0.15) is 5.69 Å². The summed E-state index contributed by atoms with van der Waals surface area (Å²) >= 11 is 3.32. The molecule has 0 aliphatic carbocycles. The highest BCUT2D eigenvalue weighted by atomic mass is 79.9. The van der Waals surface area contributed by atoms with Crippen molar-refractivity contribution < 1.29 is 9.47 Å². The first-order valence-corrected chi connectivity index (χ1v) is 6.41. The van der Waals surface area contributed by atoms with Crippen LogP contribution >= 0.6 is 15.9 Å². The van der Waals surface area contributed by atoms with Crippen LogP contribution in [-0.2, 0) is 6.54 Å². The predicted octanol–water partition coefficient (Wildman–Crippen LogP) is 2.07.